The van der Waals surface area contributed by atoms with Crippen LogP contribution in [0.5, 0.6) is 5.75 Å². The molecule has 6 heteroatoms. The van der Waals surface area contributed by atoms with Crippen LogP contribution in [0.4, 0.5) is 0 Å². The van der Waals surface area contributed by atoms with Gasteiger partial charge in [0.2, 0.25) is 0 Å². The second kappa shape index (κ2) is 11.3. The van der Waals surface area contributed by atoms with E-state index in [0.29, 0.717) is 19.6 Å². The SMILES string of the molecule is CC(C)(C=O)Cc1c(SC(C)(C)C)c2cc(OCc3ccc4ccccc4n3)ccc2n1Cc1ccc(Cl)cc1. The smallest absolute Gasteiger partial charge is 0.130 e. The number of hydrogen-bond donors (Lipinski definition) is 0. The number of carbonyl (C=O) groups is 1. The van der Waals surface area contributed by atoms with E-state index >= 15 is 0 Å². The molecule has 0 radical (unpaired) electrons. The summed E-state index contributed by atoms with van der Waals surface area (Å²) in [6.07, 6.45) is 1.70. The first-order chi connectivity index (χ1) is 19.0. The van der Waals surface area contributed by atoms with Crippen molar-refractivity contribution in [1.82, 2.24) is 9.55 Å². The molecule has 0 fully saturated rings. The zero-order valence-corrected chi connectivity index (χ0v) is 25.3. The summed E-state index contributed by atoms with van der Waals surface area (Å²) >= 11 is 8.02. The number of hydrogen-bond acceptors (Lipinski definition) is 4. The zero-order chi connectivity index (χ0) is 28.5. The molecule has 0 saturated heterocycles. The first-order valence-electron chi connectivity index (χ1n) is 13.5. The molecule has 0 bridgehead atoms. The lowest BCUT2D eigenvalue weighted by atomic mass is 9.89. The van der Waals surface area contributed by atoms with Crippen LogP contribution in [0.15, 0.2) is 83.8 Å². The van der Waals surface area contributed by atoms with Crippen LogP contribution >= 0.6 is 23.4 Å². The normalized spacial score (nSPS) is 12.2. The first kappa shape index (κ1) is 28.3. The number of nitrogens with zero attached hydrogens (tertiary/aromatic N) is 2. The van der Waals surface area contributed by atoms with E-state index < -0.39 is 5.41 Å². The van der Waals surface area contributed by atoms with Gasteiger partial charge in [0, 0.05) is 55.0 Å². The quantitative estimate of drug-likeness (QED) is 0.131. The number of pyridine rings is 1. The summed E-state index contributed by atoms with van der Waals surface area (Å²) in [6.45, 7) is 11.7. The molecule has 0 aliphatic heterocycles. The van der Waals surface area contributed by atoms with Crippen LogP contribution < -0.4 is 4.74 Å². The Morgan fingerprint density at radius 2 is 1.70 bits per heavy atom. The minimum atomic E-state index is -0.500. The highest BCUT2D eigenvalue weighted by molar-refractivity contribution is 8.00. The number of benzene rings is 3. The van der Waals surface area contributed by atoms with Crippen molar-refractivity contribution < 1.29 is 9.53 Å². The number of ether oxygens (including phenoxy) is 1. The first-order valence-corrected chi connectivity index (χ1v) is 14.7. The molecular weight excluding hydrogens is 536 g/mol. The molecule has 0 aliphatic rings. The molecule has 0 spiro atoms. The van der Waals surface area contributed by atoms with Gasteiger partial charge in [0.05, 0.1) is 11.2 Å². The number of fused-ring (bicyclic) bond motifs is 2. The number of aromatic nitrogens is 2. The molecule has 5 aromatic rings. The maximum atomic E-state index is 12.0. The number of aldehydes is 1. The summed E-state index contributed by atoms with van der Waals surface area (Å²) < 4.78 is 8.62. The molecule has 0 saturated carbocycles. The Labute approximate surface area is 245 Å². The third kappa shape index (κ3) is 6.54. The van der Waals surface area contributed by atoms with Crippen LogP contribution in [-0.2, 0) is 24.4 Å². The van der Waals surface area contributed by atoms with Crippen molar-refractivity contribution in [3.8, 4) is 5.75 Å². The van der Waals surface area contributed by atoms with Gasteiger partial charge >= 0.3 is 0 Å². The highest BCUT2D eigenvalue weighted by Gasteiger charge is 2.28. The van der Waals surface area contributed by atoms with Gasteiger partial charge in [0.25, 0.3) is 0 Å². The van der Waals surface area contributed by atoms with E-state index in [0.717, 1.165) is 55.8 Å². The number of thioether (sulfide) groups is 1. The maximum absolute atomic E-state index is 12.0. The molecule has 3 aromatic carbocycles. The lowest BCUT2D eigenvalue weighted by Gasteiger charge is -2.23. The lowest BCUT2D eigenvalue weighted by Crippen LogP contribution is -2.20. The fourth-order valence-corrected chi connectivity index (χ4v) is 6.13. The Bertz CT molecular complexity index is 1670. The van der Waals surface area contributed by atoms with E-state index in [1.807, 2.05) is 68.1 Å². The van der Waals surface area contributed by atoms with Crippen molar-refractivity contribution >= 4 is 51.5 Å². The zero-order valence-electron chi connectivity index (χ0n) is 23.7. The van der Waals surface area contributed by atoms with Crippen LogP contribution in [0.25, 0.3) is 21.8 Å². The Kier molecular flexibility index (Phi) is 7.98. The second-order valence-electron chi connectivity index (χ2n) is 11.9. The van der Waals surface area contributed by atoms with Crippen LogP contribution in [0.2, 0.25) is 5.02 Å². The predicted octanol–water partition coefficient (Wildman–Crippen LogP) is 9.13. The highest BCUT2D eigenvalue weighted by atomic mass is 35.5. The van der Waals surface area contributed by atoms with Gasteiger partial charge in [-0.15, -0.1) is 11.8 Å². The molecule has 5 rings (SSSR count). The number of carbonyl (C=O) groups excluding carboxylic acids is 1. The van der Waals surface area contributed by atoms with E-state index in [1.54, 1.807) is 0 Å². The minimum absolute atomic E-state index is 0.0225. The van der Waals surface area contributed by atoms with E-state index in [2.05, 4.69) is 61.7 Å². The van der Waals surface area contributed by atoms with E-state index in [1.165, 1.54) is 4.90 Å². The third-order valence-corrected chi connectivity index (χ3v) is 8.26. The van der Waals surface area contributed by atoms with Gasteiger partial charge in [-0.05, 0) is 48.0 Å². The molecule has 2 aromatic heterocycles. The van der Waals surface area contributed by atoms with Crippen molar-refractivity contribution in [2.75, 3.05) is 0 Å². The molecular formula is C34H35ClN2O2S. The summed E-state index contributed by atoms with van der Waals surface area (Å²) in [5.74, 6) is 0.794. The van der Waals surface area contributed by atoms with Crippen LogP contribution in [0.1, 0.15) is 51.6 Å². The molecule has 40 heavy (non-hydrogen) atoms. The molecule has 2 heterocycles. The summed E-state index contributed by atoms with van der Waals surface area (Å²) in [4.78, 5) is 18.0. The van der Waals surface area contributed by atoms with Gasteiger partial charge < -0.3 is 14.1 Å². The second-order valence-corrected chi connectivity index (χ2v) is 14.2. The molecule has 206 valence electrons. The minimum Gasteiger partial charge on any atom is -0.487 e. The number of para-hydroxylation sites is 1. The summed E-state index contributed by atoms with van der Waals surface area (Å²) in [5, 5.41) is 2.97. The van der Waals surface area contributed by atoms with Crippen molar-refractivity contribution in [3.63, 3.8) is 0 Å². The average molecular weight is 571 g/mol. The monoisotopic (exact) mass is 570 g/mol. The van der Waals surface area contributed by atoms with Crippen LogP contribution in [0.3, 0.4) is 0 Å². The van der Waals surface area contributed by atoms with Crippen LogP contribution in [0, 0.1) is 5.41 Å². The maximum Gasteiger partial charge on any atom is 0.130 e. The van der Waals surface area contributed by atoms with Crippen molar-refractivity contribution in [3.05, 3.63) is 101 Å². The predicted molar refractivity (Wildman–Crippen MR) is 168 cm³/mol. The van der Waals surface area contributed by atoms with Gasteiger partial charge in [-0.1, -0.05) is 82.6 Å². The van der Waals surface area contributed by atoms with Gasteiger partial charge in [-0.2, -0.15) is 0 Å². The number of halogens is 1. The molecule has 0 atom stereocenters. The topological polar surface area (TPSA) is 44.1 Å². The third-order valence-electron chi connectivity index (χ3n) is 6.74. The fourth-order valence-electron chi connectivity index (χ4n) is 4.81. The van der Waals surface area contributed by atoms with Crippen molar-refractivity contribution in [1.29, 1.82) is 0 Å². The van der Waals surface area contributed by atoms with Crippen LogP contribution in [-0.4, -0.2) is 20.6 Å². The van der Waals surface area contributed by atoms with Gasteiger partial charge in [0.1, 0.15) is 18.6 Å². The Balaban J connectivity index is 1.57. The van der Waals surface area contributed by atoms with Gasteiger partial charge in [0.15, 0.2) is 0 Å². The summed E-state index contributed by atoms with van der Waals surface area (Å²) in [7, 11) is 0. The Morgan fingerprint density at radius 3 is 2.42 bits per heavy atom. The summed E-state index contributed by atoms with van der Waals surface area (Å²) in [6, 6.07) is 26.5. The average Bonchev–Trinajstić information content (AvgIpc) is 3.18. The summed E-state index contributed by atoms with van der Waals surface area (Å²) in [5.41, 5.74) is 4.79. The fraction of sp³-hybridized carbons (Fsp3) is 0.294. The van der Waals surface area contributed by atoms with E-state index in [-0.39, 0.29) is 4.75 Å². The molecule has 0 N–H and O–H groups in total. The Morgan fingerprint density at radius 1 is 0.950 bits per heavy atom. The standard InChI is InChI=1S/C34H35ClN2O2S/c1-33(2,3)40-32-28-18-27(39-21-26-15-12-24-8-6-7-9-29(24)36-26)16-17-30(28)37(31(32)19-34(4,5)22-38)20-23-10-13-25(35)14-11-23/h6-18,22H,19-21H2,1-5H3. The molecule has 0 aliphatic carbocycles. The van der Waals surface area contributed by atoms with E-state index in [9.17, 15) is 4.79 Å². The number of rotatable bonds is 9. The molecule has 4 nitrogen and oxygen atoms in total. The Hall–Kier alpha value is -3.28. The highest BCUT2D eigenvalue weighted by Crippen LogP contribution is 2.44. The van der Waals surface area contributed by atoms with Crippen molar-refractivity contribution in [2.24, 2.45) is 5.41 Å². The molecule has 0 amide bonds. The van der Waals surface area contributed by atoms with E-state index in [4.69, 9.17) is 21.3 Å². The molecule has 0 unspecified atom stereocenters. The lowest BCUT2D eigenvalue weighted by molar-refractivity contribution is -0.114. The largest absolute Gasteiger partial charge is 0.487 e. The van der Waals surface area contributed by atoms with Crippen molar-refractivity contribution in [2.45, 2.75) is 63.8 Å². The van der Waals surface area contributed by atoms with Gasteiger partial charge in [-0.3, -0.25) is 0 Å². The van der Waals surface area contributed by atoms with Gasteiger partial charge in [-0.25, -0.2) is 4.98 Å².